The standard InChI is InChI=1S/C16H25NO2/c1-13-9-14(5-6-15(13)19-3)10-17(2)11-16(12-18)7-4-8-16/h5-6,9,18H,4,7-8,10-12H2,1-3H3. The van der Waals surface area contributed by atoms with Crippen LogP contribution in [0.15, 0.2) is 18.2 Å². The predicted molar refractivity (Wildman–Crippen MR) is 77.4 cm³/mol. The van der Waals surface area contributed by atoms with Gasteiger partial charge in [0.05, 0.1) is 7.11 Å². The average molecular weight is 263 g/mol. The van der Waals surface area contributed by atoms with Gasteiger partial charge < -0.3 is 14.7 Å². The Morgan fingerprint density at radius 3 is 2.58 bits per heavy atom. The van der Waals surface area contributed by atoms with E-state index in [1.165, 1.54) is 17.5 Å². The van der Waals surface area contributed by atoms with Gasteiger partial charge >= 0.3 is 0 Å². The van der Waals surface area contributed by atoms with E-state index >= 15 is 0 Å². The maximum absolute atomic E-state index is 9.52. The number of methoxy groups -OCH3 is 1. The Labute approximate surface area is 116 Å². The molecule has 0 amide bonds. The van der Waals surface area contributed by atoms with Crippen LogP contribution in [0.2, 0.25) is 0 Å². The number of aliphatic hydroxyl groups excluding tert-OH is 1. The summed E-state index contributed by atoms with van der Waals surface area (Å²) in [6.45, 7) is 4.30. The number of ether oxygens (including phenoxy) is 1. The van der Waals surface area contributed by atoms with Gasteiger partial charge in [-0.15, -0.1) is 0 Å². The molecule has 0 unspecified atom stereocenters. The number of benzene rings is 1. The molecule has 0 aliphatic heterocycles. The van der Waals surface area contributed by atoms with Crippen LogP contribution < -0.4 is 4.74 Å². The Morgan fingerprint density at radius 2 is 2.11 bits per heavy atom. The van der Waals surface area contributed by atoms with Crippen molar-refractivity contribution in [1.82, 2.24) is 4.90 Å². The molecule has 0 radical (unpaired) electrons. The summed E-state index contributed by atoms with van der Waals surface area (Å²) < 4.78 is 5.28. The first-order valence-corrected chi connectivity index (χ1v) is 7.01. The Kier molecular flexibility index (Phi) is 4.48. The van der Waals surface area contributed by atoms with Gasteiger partial charge in [0.2, 0.25) is 0 Å². The zero-order chi connectivity index (χ0) is 13.9. The molecule has 0 atom stereocenters. The van der Waals surface area contributed by atoms with E-state index < -0.39 is 0 Å². The number of rotatable bonds is 6. The summed E-state index contributed by atoms with van der Waals surface area (Å²) in [5, 5.41) is 9.52. The second-order valence-corrected chi connectivity index (χ2v) is 5.99. The van der Waals surface area contributed by atoms with Gasteiger partial charge in [-0.05, 0) is 44.0 Å². The summed E-state index contributed by atoms with van der Waals surface area (Å²) >= 11 is 0. The van der Waals surface area contributed by atoms with E-state index in [-0.39, 0.29) is 5.41 Å². The molecule has 106 valence electrons. The first-order valence-electron chi connectivity index (χ1n) is 7.01. The first-order chi connectivity index (χ1) is 9.08. The number of hydrogen-bond donors (Lipinski definition) is 1. The summed E-state index contributed by atoms with van der Waals surface area (Å²) in [4.78, 5) is 2.32. The van der Waals surface area contributed by atoms with Crippen LogP contribution >= 0.6 is 0 Å². The van der Waals surface area contributed by atoms with Gasteiger partial charge in [0.25, 0.3) is 0 Å². The van der Waals surface area contributed by atoms with Gasteiger partial charge in [0.15, 0.2) is 0 Å². The number of aliphatic hydroxyl groups is 1. The molecule has 0 saturated heterocycles. The van der Waals surface area contributed by atoms with Crippen LogP contribution in [-0.2, 0) is 6.54 Å². The Balaban J connectivity index is 1.95. The van der Waals surface area contributed by atoms with Crippen molar-refractivity contribution >= 4 is 0 Å². The fourth-order valence-corrected chi connectivity index (χ4v) is 3.02. The van der Waals surface area contributed by atoms with Crippen molar-refractivity contribution in [3.05, 3.63) is 29.3 Å². The Bertz CT molecular complexity index is 421. The number of aryl methyl sites for hydroxylation is 1. The highest BCUT2D eigenvalue weighted by molar-refractivity contribution is 5.36. The second kappa shape index (κ2) is 5.93. The van der Waals surface area contributed by atoms with Crippen molar-refractivity contribution in [2.45, 2.75) is 32.7 Å². The third kappa shape index (κ3) is 3.28. The van der Waals surface area contributed by atoms with Crippen LogP contribution in [0.4, 0.5) is 0 Å². The van der Waals surface area contributed by atoms with Crippen molar-refractivity contribution in [2.75, 3.05) is 27.3 Å². The zero-order valence-electron chi connectivity index (χ0n) is 12.3. The van der Waals surface area contributed by atoms with E-state index in [0.29, 0.717) is 6.61 Å². The molecule has 0 bridgehead atoms. The highest BCUT2D eigenvalue weighted by atomic mass is 16.5. The lowest BCUT2D eigenvalue weighted by Crippen LogP contribution is -2.43. The first kappa shape index (κ1) is 14.4. The van der Waals surface area contributed by atoms with Gasteiger partial charge in [0, 0.05) is 25.1 Å². The quantitative estimate of drug-likeness (QED) is 0.856. The molecule has 0 spiro atoms. The molecule has 1 aromatic carbocycles. The van der Waals surface area contributed by atoms with Crippen molar-refractivity contribution in [3.63, 3.8) is 0 Å². The lowest BCUT2D eigenvalue weighted by molar-refractivity contribution is 0.0127. The molecule has 0 aromatic heterocycles. The minimum Gasteiger partial charge on any atom is -0.496 e. The largest absolute Gasteiger partial charge is 0.496 e. The molecule has 1 aliphatic rings. The molecule has 1 fully saturated rings. The lowest BCUT2D eigenvalue weighted by atomic mass is 9.69. The second-order valence-electron chi connectivity index (χ2n) is 5.99. The van der Waals surface area contributed by atoms with Gasteiger partial charge in [-0.2, -0.15) is 0 Å². The van der Waals surface area contributed by atoms with E-state index in [1.807, 2.05) is 6.07 Å². The lowest BCUT2D eigenvalue weighted by Gasteiger charge is -2.43. The average Bonchev–Trinajstić information content (AvgIpc) is 2.34. The number of nitrogens with zero attached hydrogens (tertiary/aromatic N) is 1. The maximum Gasteiger partial charge on any atom is 0.121 e. The van der Waals surface area contributed by atoms with Crippen molar-refractivity contribution in [3.8, 4) is 5.75 Å². The van der Waals surface area contributed by atoms with E-state index in [0.717, 1.165) is 31.7 Å². The predicted octanol–water partition coefficient (Wildman–Crippen LogP) is 2.60. The molecule has 0 heterocycles. The van der Waals surface area contributed by atoms with Crippen molar-refractivity contribution in [2.24, 2.45) is 5.41 Å². The van der Waals surface area contributed by atoms with Gasteiger partial charge in [-0.3, -0.25) is 0 Å². The zero-order valence-corrected chi connectivity index (χ0v) is 12.3. The molecular formula is C16H25NO2. The minimum atomic E-state index is 0.163. The Hall–Kier alpha value is -1.06. The molecule has 3 nitrogen and oxygen atoms in total. The van der Waals surface area contributed by atoms with Crippen LogP contribution in [0.25, 0.3) is 0 Å². The third-order valence-corrected chi connectivity index (χ3v) is 4.27. The molecule has 1 aromatic rings. The highest BCUT2D eigenvalue weighted by Crippen LogP contribution is 2.41. The topological polar surface area (TPSA) is 32.7 Å². The highest BCUT2D eigenvalue weighted by Gasteiger charge is 2.37. The monoisotopic (exact) mass is 263 g/mol. The Morgan fingerprint density at radius 1 is 1.37 bits per heavy atom. The van der Waals surface area contributed by atoms with Gasteiger partial charge in [-0.25, -0.2) is 0 Å². The van der Waals surface area contributed by atoms with E-state index in [2.05, 4.69) is 31.0 Å². The molecular weight excluding hydrogens is 238 g/mol. The summed E-state index contributed by atoms with van der Waals surface area (Å²) in [5.74, 6) is 0.942. The molecule has 1 saturated carbocycles. The van der Waals surface area contributed by atoms with E-state index in [4.69, 9.17) is 4.74 Å². The summed E-state index contributed by atoms with van der Waals surface area (Å²) in [7, 11) is 3.84. The van der Waals surface area contributed by atoms with Crippen LogP contribution in [0.1, 0.15) is 30.4 Å². The molecule has 19 heavy (non-hydrogen) atoms. The smallest absolute Gasteiger partial charge is 0.121 e. The SMILES string of the molecule is COc1ccc(CN(C)CC2(CO)CCC2)cc1C. The normalized spacial score (nSPS) is 17.3. The van der Waals surface area contributed by atoms with Crippen LogP contribution in [0.5, 0.6) is 5.75 Å². The molecule has 2 rings (SSSR count). The van der Waals surface area contributed by atoms with E-state index in [1.54, 1.807) is 7.11 Å². The fraction of sp³-hybridized carbons (Fsp3) is 0.625. The summed E-state index contributed by atoms with van der Waals surface area (Å²) in [6.07, 6.45) is 3.58. The van der Waals surface area contributed by atoms with Crippen LogP contribution in [0, 0.1) is 12.3 Å². The summed E-state index contributed by atoms with van der Waals surface area (Å²) in [5.41, 5.74) is 2.64. The number of hydrogen-bond acceptors (Lipinski definition) is 3. The summed E-state index contributed by atoms with van der Waals surface area (Å²) in [6, 6.07) is 6.33. The van der Waals surface area contributed by atoms with E-state index in [9.17, 15) is 5.11 Å². The third-order valence-electron chi connectivity index (χ3n) is 4.27. The van der Waals surface area contributed by atoms with Crippen LogP contribution in [0.3, 0.4) is 0 Å². The minimum absolute atomic E-state index is 0.163. The maximum atomic E-state index is 9.52. The fourth-order valence-electron chi connectivity index (χ4n) is 3.02. The molecule has 1 N–H and O–H groups in total. The van der Waals surface area contributed by atoms with Gasteiger partial charge in [-0.1, -0.05) is 18.6 Å². The molecule has 1 aliphatic carbocycles. The van der Waals surface area contributed by atoms with Gasteiger partial charge in [0.1, 0.15) is 5.75 Å². The van der Waals surface area contributed by atoms with Crippen molar-refractivity contribution < 1.29 is 9.84 Å². The van der Waals surface area contributed by atoms with Crippen molar-refractivity contribution in [1.29, 1.82) is 0 Å². The molecule has 3 heteroatoms. The van der Waals surface area contributed by atoms with Crippen LogP contribution in [-0.4, -0.2) is 37.3 Å².